The lowest BCUT2D eigenvalue weighted by Crippen LogP contribution is -2.27. The van der Waals surface area contributed by atoms with Crippen molar-refractivity contribution in [1.29, 1.82) is 0 Å². The maximum absolute atomic E-state index is 5.88. The molecule has 2 rings (SSSR count). The highest BCUT2D eigenvalue weighted by Crippen LogP contribution is 2.37. The molecule has 3 atom stereocenters. The third-order valence-electron chi connectivity index (χ3n) is 4.58. The molecule has 0 saturated heterocycles. The van der Waals surface area contributed by atoms with Gasteiger partial charge in [-0.2, -0.15) is 4.98 Å². The molecule has 5 heteroatoms. The van der Waals surface area contributed by atoms with E-state index in [1.165, 1.54) is 12.8 Å². The zero-order valence-corrected chi connectivity index (χ0v) is 12.9. The summed E-state index contributed by atoms with van der Waals surface area (Å²) in [7, 11) is 0. The van der Waals surface area contributed by atoms with Crippen molar-refractivity contribution in [2.45, 2.75) is 64.4 Å². The minimum absolute atomic E-state index is 0.317. The van der Waals surface area contributed by atoms with Crippen LogP contribution in [0, 0.1) is 5.92 Å². The number of nitrogens with two attached hydrogens (primary N) is 1. The van der Waals surface area contributed by atoms with Crippen LogP contribution in [0.2, 0.25) is 0 Å². The Morgan fingerprint density at radius 3 is 2.75 bits per heavy atom. The molecular weight excluding hydrogens is 254 g/mol. The SMILES string of the molecule is CCOC(C)(CC)c1noc(C2CCCCC2CN)n1. The van der Waals surface area contributed by atoms with Crippen molar-refractivity contribution in [2.24, 2.45) is 11.7 Å². The van der Waals surface area contributed by atoms with E-state index in [1.807, 2.05) is 13.8 Å². The smallest absolute Gasteiger partial charge is 0.230 e. The van der Waals surface area contributed by atoms with Gasteiger partial charge in [-0.15, -0.1) is 0 Å². The van der Waals surface area contributed by atoms with E-state index < -0.39 is 5.60 Å². The fourth-order valence-corrected chi connectivity index (χ4v) is 3.06. The fraction of sp³-hybridized carbons (Fsp3) is 0.867. The molecule has 0 spiro atoms. The third kappa shape index (κ3) is 3.04. The Bertz CT molecular complexity index is 421. The Balaban J connectivity index is 2.19. The van der Waals surface area contributed by atoms with Crippen molar-refractivity contribution >= 4 is 0 Å². The second-order valence-corrected chi connectivity index (χ2v) is 5.86. The number of hydrogen-bond donors (Lipinski definition) is 1. The van der Waals surface area contributed by atoms with Crippen molar-refractivity contribution in [3.8, 4) is 0 Å². The van der Waals surface area contributed by atoms with Gasteiger partial charge in [0.2, 0.25) is 11.7 Å². The van der Waals surface area contributed by atoms with Gasteiger partial charge < -0.3 is 15.0 Å². The molecule has 0 radical (unpaired) electrons. The lowest BCUT2D eigenvalue weighted by molar-refractivity contribution is -0.0403. The van der Waals surface area contributed by atoms with Crippen molar-refractivity contribution in [1.82, 2.24) is 10.1 Å². The summed E-state index contributed by atoms with van der Waals surface area (Å²) >= 11 is 0. The van der Waals surface area contributed by atoms with Gasteiger partial charge in [0.1, 0.15) is 5.60 Å². The van der Waals surface area contributed by atoms with Crippen LogP contribution in [-0.4, -0.2) is 23.3 Å². The van der Waals surface area contributed by atoms with Gasteiger partial charge in [-0.25, -0.2) is 0 Å². The van der Waals surface area contributed by atoms with Gasteiger partial charge in [-0.05, 0) is 45.6 Å². The molecule has 0 amide bonds. The molecule has 1 aromatic rings. The first kappa shape index (κ1) is 15.4. The first-order valence-corrected chi connectivity index (χ1v) is 7.82. The predicted molar refractivity (Wildman–Crippen MR) is 77.3 cm³/mol. The largest absolute Gasteiger partial charge is 0.367 e. The van der Waals surface area contributed by atoms with E-state index >= 15 is 0 Å². The van der Waals surface area contributed by atoms with E-state index in [0.717, 1.165) is 25.2 Å². The molecule has 1 aliphatic carbocycles. The van der Waals surface area contributed by atoms with E-state index in [4.69, 9.17) is 15.0 Å². The maximum atomic E-state index is 5.88. The standard InChI is InChI=1S/C15H27N3O2/c1-4-15(3,19-5-2)14-17-13(20-18-14)12-9-7-6-8-11(12)10-16/h11-12H,4-10,16H2,1-3H3. The molecule has 1 heterocycles. The summed E-state index contributed by atoms with van der Waals surface area (Å²) in [4.78, 5) is 4.64. The van der Waals surface area contributed by atoms with Crippen LogP contribution in [0.3, 0.4) is 0 Å². The summed E-state index contributed by atoms with van der Waals surface area (Å²) < 4.78 is 11.3. The lowest BCUT2D eigenvalue weighted by atomic mass is 9.79. The highest BCUT2D eigenvalue weighted by molar-refractivity contribution is 5.04. The Morgan fingerprint density at radius 1 is 1.35 bits per heavy atom. The molecule has 1 aromatic heterocycles. The molecule has 1 fully saturated rings. The summed E-state index contributed by atoms with van der Waals surface area (Å²) in [6.45, 7) is 7.42. The van der Waals surface area contributed by atoms with Crippen molar-refractivity contribution in [3.63, 3.8) is 0 Å². The van der Waals surface area contributed by atoms with Gasteiger partial charge in [0.25, 0.3) is 0 Å². The van der Waals surface area contributed by atoms with Gasteiger partial charge in [0.15, 0.2) is 0 Å². The number of ether oxygens (including phenoxy) is 1. The summed E-state index contributed by atoms with van der Waals surface area (Å²) in [5.74, 6) is 2.20. The monoisotopic (exact) mass is 281 g/mol. The third-order valence-corrected chi connectivity index (χ3v) is 4.58. The highest BCUT2D eigenvalue weighted by atomic mass is 16.5. The molecule has 0 bridgehead atoms. The van der Waals surface area contributed by atoms with Crippen LogP contribution in [0.15, 0.2) is 4.52 Å². The average Bonchev–Trinajstić information content (AvgIpc) is 2.97. The Hall–Kier alpha value is -0.940. The minimum Gasteiger partial charge on any atom is -0.367 e. The summed E-state index contributed by atoms with van der Waals surface area (Å²) in [6, 6.07) is 0. The van der Waals surface area contributed by atoms with Crippen molar-refractivity contribution in [3.05, 3.63) is 11.7 Å². The molecule has 1 saturated carbocycles. The predicted octanol–water partition coefficient (Wildman–Crippen LogP) is 2.96. The molecule has 1 aliphatic rings. The average molecular weight is 281 g/mol. The number of nitrogens with zero attached hydrogens (tertiary/aromatic N) is 2. The van der Waals surface area contributed by atoms with Gasteiger partial charge >= 0.3 is 0 Å². The normalized spacial score (nSPS) is 26.4. The summed E-state index contributed by atoms with van der Waals surface area (Å²) in [6.07, 6.45) is 5.56. The molecule has 20 heavy (non-hydrogen) atoms. The highest BCUT2D eigenvalue weighted by Gasteiger charge is 2.34. The van der Waals surface area contributed by atoms with Crippen LogP contribution in [0.1, 0.15) is 70.5 Å². The fourth-order valence-electron chi connectivity index (χ4n) is 3.06. The van der Waals surface area contributed by atoms with E-state index in [2.05, 4.69) is 17.1 Å². The van der Waals surface area contributed by atoms with E-state index in [-0.39, 0.29) is 0 Å². The summed E-state index contributed by atoms with van der Waals surface area (Å²) in [5.41, 5.74) is 5.43. The first-order chi connectivity index (χ1) is 9.64. The number of aromatic nitrogens is 2. The lowest BCUT2D eigenvalue weighted by Gasteiger charge is -2.27. The molecular formula is C15H27N3O2. The second kappa shape index (κ2) is 6.68. The molecule has 3 unspecified atom stereocenters. The van der Waals surface area contributed by atoms with Crippen molar-refractivity contribution < 1.29 is 9.26 Å². The van der Waals surface area contributed by atoms with Crippen LogP contribution in [0.5, 0.6) is 0 Å². The Morgan fingerprint density at radius 2 is 2.10 bits per heavy atom. The molecule has 0 aromatic carbocycles. The maximum Gasteiger partial charge on any atom is 0.230 e. The molecule has 0 aliphatic heterocycles. The second-order valence-electron chi connectivity index (χ2n) is 5.86. The molecule has 114 valence electrons. The summed E-state index contributed by atoms with van der Waals surface area (Å²) in [5, 5.41) is 4.17. The van der Waals surface area contributed by atoms with Gasteiger partial charge in [-0.3, -0.25) is 0 Å². The molecule has 2 N–H and O–H groups in total. The van der Waals surface area contributed by atoms with Crippen LogP contribution < -0.4 is 5.73 Å². The van der Waals surface area contributed by atoms with Crippen molar-refractivity contribution in [2.75, 3.05) is 13.2 Å². The van der Waals surface area contributed by atoms with Crippen LogP contribution in [0.25, 0.3) is 0 Å². The zero-order valence-electron chi connectivity index (χ0n) is 12.9. The Labute approximate surface area is 121 Å². The van der Waals surface area contributed by atoms with Crippen LogP contribution in [0.4, 0.5) is 0 Å². The Kier molecular flexibility index (Phi) is 5.16. The molecule has 5 nitrogen and oxygen atoms in total. The van der Waals surface area contributed by atoms with Gasteiger partial charge in [0.05, 0.1) is 0 Å². The number of rotatable bonds is 6. The van der Waals surface area contributed by atoms with Crippen LogP contribution >= 0.6 is 0 Å². The van der Waals surface area contributed by atoms with E-state index in [9.17, 15) is 0 Å². The van der Waals surface area contributed by atoms with E-state index in [0.29, 0.717) is 30.8 Å². The zero-order chi connectivity index (χ0) is 14.6. The van der Waals surface area contributed by atoms with Gasteiger partial charge in [-0.1, -0.05) is 24.9 Å². The van der Waals surface area contributed by atoms with Crippen LogP contribution in [-0.2, 0) is 10.3 Å². The topological polar surface area (TPSA) is 74.2 Å². The number of hydrogen-bond acceptors (Lipinski definition) is 5. The minimum atomic E-state index is -0.455. The van der Waals surface area contributed by atoms with Gasteiger partial charge in [0, 0.05) is 12.5 Å². The van der Waals surface area contributed by atoms with E-state index in [1.54, 1.807) is 0 Å². The quantitative estimate of drug-likeness (QED) is 0.867. The first-order valence-electron chi connectivity index (χ1n) is 7.82.